The quantitative estimate of drug-likeness (QED) is 0.914. The summed E-state index contributed by atoms with van der Waals surface area (Å²) in [4.78, 5) is 13.7. The van der Waals surface area contributed by atoms with Gasteiger partial charge < -0.3 is 15.5 Å². The smallest absolute Gasteiger partial charge is 0.138 e. The molecule has 1 saturated heterocycles. The molecule has 20 heavy (non-hydrogen) atoms. The molecule has 0 amide bonds. The van der Waals surface area contributed by atoms with Crippen LogP contribution in [0, 0.1) is 0 Å². The summed E-state index contributed by atoms with van der Waals surface area (Å²) < 4.78 is 0. The first-order valence-corrected chi connectivity index (χ1v) is 7.34. The van der Waals surface area contributed by atoms with Crippen molar-refractivity contribution in [2.75, 3.05) is 37.8 Å². The van der Waals surface area contributed by atoms with E-state index in [2.05, 4.69) is 54.6 Å². The normalized spacial score (nSPS) is 20.4. The van der Waals surface area contributed by atoms with Crippen LogP contribution in [0.5, 0.6) is 0 Å². The molecule has 1 aliphatic heterocycles. The third-order valence-electron chi connectivity index (χ3n) is 3.95. The number of hydrogen-bond donors (Lipinski definition) is 1. The SMILES string of the molecule is CN(CC1CCCN1C)c1cc(N)nc(C(C)(C)C)n1. The standard InChI is InChI=1S/C15H27N5/c1-15(2,3)14-17-12(16)9-13(18-14)20(5)10-11-7-6-8-19(11)4/h9,11H,6-8,10H2,1-5H3,(H2,16,17,18). The van der Waals surface area contributed by atoms with Crippen LogP contribution in [-0.4, -0.2) is 48.1 Å². The summed E-state index contributed by atoms with van der Waals surface area (Å²) in [5, 5.41) is 0. The molecule has 0 aliphatic carbocycles. The van der Waals surface area contributed by atoms with E-state index in [0.717, 1.165) is 18.2 Å². The molecule has 112 valence electrons. The van der Waals surface area contributed by atoms with Crippen LogP contribution in [0.15, 0.2) is 6.07 Å². The van der Waals surface area contributed by atoms with Gasteiger partial charge in [0, 0.05) is 31.1 Å². The second-order valence-electron chi connectivity index (χ2n) is 6.88. The number of anilines is 2. The first-order valence-electron chi connectivity index (χ1n) is 7.34. The molecule has 5 heteroatoms. The Balaban J connectivity index is 2.17. The predicted molar refractivity (Wildman–Crippen MR) is 84.1 cm³/mol. The Hall–Kier alpha value is -1.36. The molecule has 0 saturated carbocycles. The van der Waals surface area contributed by atoms with Crippen molar-refractivity contribution >= 4 is 11.6 Å². The lowest BCUT2D eigenvalue weighted by Crippen LogP contribution is -2.37. The van der Waals surface area contributed by atoms with Crippen LogP contribution in [-0.2, 0) is 5.41 Å². The van der Waals surface area contributed by atoms with Crippen molar-refractivity contribution < 1.29 is 0 Å². The molecular formula is C15H27N5. The minimum atomic E-state index is -0.0882. The number of aromatic nitrogens is 2. The highest BCUT2D eigenvalue weighted by molar-refractivity contribution is 5.47. The highest BCUT2D eigenvalue weighted by Crippen LogP contribution is 2.24. The van der Waals surface area contributed by atoms with Crippen molar-refractivity contribution in [3.05, 3.63) is 11.9 Å². The summed E-state index contributed by atoms with van der Waals surface area (Å²) >= 11 is 0. The van der Waals surface area contributed by atoms with E-state index in [1.165, 1.54) is 19.4 Å². The number of hydrogen-bond acceptors (Lipinski definition) is 5. The number of rotatable bonds is 3. The highest BCUT2D eigenvalue weighted by Gasteiger charge is 2.24. The molecule has 1 atom stereocenters. The van der Waals surface area contributed by atoms with Crippen LogP contribution in [0.2, 0.25) is 0 Å². The molecule has 0 radical (unpaired) electrons. The number of nitrogen functional groups attached to an aromatic ring is 1. The zero-order valence-electron chi connectivity index (χ0n) is 13.3. The van der Waals surface area contributed by atoms with Crippen LogP contribution in [0.1, 0.15) is 39.4 Å². The molecule has 1 aromatic heterocycles. The fourth-order valence-corrected chi connectivity index (χ4v) is 2.60. The molecule has 0 bridgehead atoms. The fourth-order valence-electron chi connectivity index (χ4n) is 2.60. The Morgan fingerprint density at radius 2 is 2.10 bits per heavy atom. The molecule has 2 rings (SSSR count). The average molecular weight is 277 g/mol. The van der Waals surface area contributed by atoms with E-state index >= 15 is 0 Å². The molecule has 5 nitrogen and oxygen atoms in total. The van der Waals surface area contributed by atoms with Gasteiger partial charge in [-0.3, -0.25) is 0 Å². The van der Waals surface area contributed by atoms with Gasteiger partial charge in [-0.2, -0.15) is 0 Å². The van der Waals surface area contributed by atoms with E-state index in [4.69, 9.17) is 5.73 Å². The van der Waals surface area contributed by atoms with Crippen LogP contribution >= 0.6 is 0 Å². The van der Waals surface area contributed by atoms with Crippen molar-refractivity contribution in [2.45, 2.75) is 45.1 Å². The highest BCUT2D eigenvalue weighted by atomic mass is 15.2. The summed E-state index contributed by atoms with van der Waals surface area (Å²) in [5.74, 6) is 2.27. The van der Waals surface area contributed by atoms with E-state index < -0.39 is 0 Å². The topological polar surface area (TPSA) is 58.3 Å². The maximum Gasteiger partial charge on any atom is 0.138 e. The van der Waals surface area contributed by atoms with Crippen LogP contribution < -0.4 is 10.6 Å². The van der Waals surface area contributed by atoms with Gasteiger partial charge in [0.1, 0.15) is 17.5 Å². The monoisotopic (exact) mass is 277 g/mol. The molecular weight excluding hydrogens is 250 g/mol. The van der Waals surface area contributed by atoms with Gasteiger partial charge in [-0.1, -0.05) is 20.8 Å². The average Bonchev–Trinajstić information content (AvgIpc) is 2.73. The van der Waals surface area contributed by atoms with Crippen LogP contribution in [0.4, 0.5) is 11.6 Å². The molecule has 1 aromatic rings. The Kier molecular flexibility index (Phi) is 4.18. The first kappa shape index (κ1) is 15.0. The van der Waals surface area contributed by atoms with Gasteiger partial charge in [0.2, 0.25) is 0 Å². The molecule has 1 aliphatic rings. The Morgan fingerprint density at radius 1 is 1.40 bits per heavy atom. The lowest BCUT2D eigenvalue weighted by Gasteiger charge is -2.27. The number of nitrogens with zero attached hydrogens (tertiary/aromatic N) is 4. The molecule has 0 spiro atoms. The zero-order chi connectivity index (χ0) is 14.9. The lowest BCUT2D eigenvalue weighted by atomic mass is 9.96. The van der Waals surface area contributed by atoms with Gasteiger partial charge in [0.25, 0.3) is 0 Å². The molecule has 0 aromatic carbocycles. The first-order chi connectivity index (χ1) is 9.27. The summed E-state index contributed by atoms with van der Waals surface area (Å²) in [6.07, 6.45) is 2.54. The number of likely N-dealkylation sites (tertiary alicyclic amines) is 1. The van der Waals surface area contributed by atoms with Crippen molar-refractivity contribution in [1.29, 1.82) is 0 Å². The molecule has 1 unspecified atom stereocenters. The van der Waals surface area contributed by atoms with Gasteiger partial charge in [0.05, 0.1) is 0 Å². The minimum absolute atomic E-state index is 0.0882. The molecule has 1 fully saturated rings. The second kappa shape index (κ2) is 5.56. The van der Waals surface area contributed by atoms with E-state index in [-0.39, 0.29) is 5.41 Å². The molecule has 2 heterocycles. The van der Waals surface area contributed by atoms with Crippen molar-refractivity contribution in [2.24, 2.45) is 0 Å². The maximum atomic E-state index is 5.94. The molecule has 2 N–H and O–H groups in total. The summed E-state index contributed by atoms with van der Waals surface area (Å²) in [6, 6.07) is 2.47. The van der Waals surface area contributed by atoms with E-state index in [0.29, 0.717) is 11.9 Å². The Bertz CT molecular complexity index is 466. The predicted octanol–water partition coefficient (Wildman–Crippen LogP) is 1.89. The third-order valence-corrected chi connectivity index (χ3v) is 3.95. The van der Waals surface area contributed by atoms with Gasteiger partial charge in [-0.15, -0.1) is 0 Å². The van der Waals surface area contributed by atoms with Gasteiger partial charge in [0.15, 0.2) is 0 Å². The Morgan fingerprint density at radius 3 is 2.65 bits per heavy atom. The van der Waals surface area contributed by atoms with E-state index in [1.807, 2.05) is 6.07 Å². The second-order valence-corrected chi connectivity index (χ2v) is 6.88. The van der Waals surface area contributed by atoms with Crippen LogP contribution in [0.3, 0.4) is 0 Å². The van der Waals surface area contributed by atoms with Crippen LogP contribution in [0.25, 0.3) is 0 Å². The fraction of sp³-hybridized carbons (Fsp3) is 0.733. The zero-order valence-corrected chi connectivity index (χ0v) is 13.3. The minimum Gasteiger partial charge on any atom is -0.384 e. The summed E-state index contributed by atoms with van der Waals surface area (Å²) in [6.45, 7) is 8.50. The van der Waals surface area contributed by atoms with Gasteiger partial charge in [-0.25, -0.2) is 9.97 Å². The Labute approximate surface area is 122 Å². The lowest BCUT2D eigenvalue weighted by molar-refractivity contribution is 0.314. The van der Waals surface area contributed by atoms with E-state index in [1.54, 1.807) is 0 Å². The maximum absolute atomic E-state index is 5.94. The number of likely N-dealkylation sites (N-methyl/N-ethyl adjacent to an activating group) is 2. The van der Waals surface area contributed by atoms with Crippen molar-refractivity contribution in [1.82, 2.24) is 14.9 Å². The third kappa shape index (κ3) is 3.39. The van der Waals surface area contributed by atoms with Gasteiger partial charge in [-0.05, 0) is 26.4 Å². The van der Waals surface area contributed by atoms with E-state index in [9.17, 15) is 0 Å². The largest absolute Gasteiger partial charge is 0.384 e. The van der Waals surface area contributed by atoms with Crippen molar-refractivity contribution in [3.63, 3.8) is 0 Å². The summed E-state index contributed by atoms with van der Waals surface area (Å²) in [7, 11) is 4.28. The van der Waals surface area contributed by atoms with Gasteiger partial charge >= 0.3 is 0 Å². The number of nitrogens with two attached hydrogens (primary N) is 1. The van der Waals surface area contributed by atoms with Crippen molar-refractivity contribution in [3.8, 4) is 0 Å². The summed E-state index contributed by atoms with van der Waals surface area (Å²) in [5.41, 5.74) is 5.85.